The second-order valence-corrected chi connectivity index (χ2v) is 5.23. The van der Waals surface area contributed by atoms with Gasteiger partial charge in [-0.3, -0.25) is 0 Å². The first-order valence-corrected chi connectivity index (χ1v) is 6.36. The number of hydrogen-bond acceptors (Lipinski definition) is 3. The fourth-order valence-corrected chi connectivity index (χ4v) is 2.64. The van der Waals surface area contributed by atoms with Gasteiger partial charge in [0.15, 0.2) is 0 Å². The molecule has 1 fully saturated rings. The summed E-state index contributed by atoms with van der Waals surface area (Å²) in [5.74, 6) is 0.821. The molecule has 1 aliphatic rings. The molecule has 0 heterocycles. The summed E-state index contributed by atoms with van der Waals surface area (Å²) >= 11 is 3.51. The Labute approximate surface area is 109 Å². The molecular formula is C13H14BrNO2. The van der Waals surface area contributed by atoms with E-state index in [0.29, 0.717) is 0 Å². The topological polar surface area (TPSA) is 38.7 Å². The summed E-state index contributed by atoms with van der Waals surface area (Å²) < 4.78 is 6.32. The minimum atomic E-state index is -0.370. The van der Waals surface area contributed by atoms with Crippen molar-refractivity contribution in [3.63, 3.8) is 0 Å². The summed E-state index contributed by atoms with van der Waals surface area (Å²) in [7, 11) is 1.65. The van der Waals surface area contributed by atoms with Crippen molar-refractivity contribution >= 4 is 22.0 Å². The van der Waals surface area contributed by atoms with Gasteiger partial charge in [-0.15, -0.1) is 0 Å². The van der Waals surface area contributed by atoms with Gasteiger partial charge in [-0.2, -0.15) is 4.99 Å². The average Bonchev–Trinajstić information content (AvgIpc) is 2.27. The lowest BCUT2D eigenvalue weighted by Gasteiger charge is -2.37. The number of benzene rings is 1. The summed E-state index contributed by atoms with van der Waals surface area (Å²) in [6.45, 7) is 1.99. The van der Waals surface area contributed by atoms with Crippen LogP contribution in [-0.2, 0) is 10.3 Å². The molecule has 0 atom stereocenters. The molecule has 0 aromatic heterocycles. The number of methoxy groups -OCH3 is 1. The molecule has 0 radical (unpaired) electrons. The van der Waals surface area contributed by atoms with E-state index in [9.17, 15) is 4.79 Å². The van der Waals surface area contributed by atoms with Crippen LogP contribution in [0, 0.1) is 6.92 Å². The number of aliphatic imine (C=N–C) groups is 1. The van der Waals surface area contributed by atoms with E-state index in [4.69, 9.17) is 4.74 Å². The minimum Gasteiger partial charge on any atom is -0.496 e. The van der Waals surface area contributed by atoms with Gasteiger partial charge in [0.25, 0.3) is 0 Å². The van der Waals surface area contributed by atoms with Crippen molar-refractivity contribution in [1.29, 1.82) is 0 Å². The lowest BCUT2D eigenvalue weighted by atomic mass is 9.72. The van der Waals surface area contributed by atoms with Gasteiger partial charge in [-0.05, 0) is 43.9 Å². The van der Waals surface area contributed by atoms with Gasteiger partial charge in [-0.1, -0.05) is 15.9 Å². The van der Waals surface area contributed by atoms with Crippen LogP contribution in [0.15, 0.2) is 21.6 Å². The number of ether oxygens (including phenoxy) is 1. The quantitative estimate of drug-likeness (QED) is 0.632. The molecule has 0 aliphatic heterocycles. The molecule has 17 heavy (non-hydrogen) atoms. The van der Waals surface area contributed by atoms with Crippen molar-refractivity contribution in [2.24, 2.45) is 4.99 Å². The van der Waals surface area contributed by atoms with Crippen LogP contribution in [0.4, 0.5) is 0 Å². The Bertz CT molecular complexity index is 488. The molecule has 0 bridgehead atoms. The highest BCUT2D eigenvalue weighted by Crippen LogP contribution is 2.46. The Hall–Kier alpha value is -1.12. The molecule has 0 amide bonds. The van der Waals surface area contributed by atoms with Crippen LogP contribution < -0.4 is 4.74 Å². The van der Waals surface area contributed by atoms with Gasteiger partial charge in [0.05, 0.1) is 12.6 Å². The number of nitrogens with zero attached hydrogens (tertiary/aromatic N) is 1. The van der Waals surface area contributed by atoms with Gasteiger partial charge < -0.3 is 4.74 Å². The Morgan fingerprint density at radius 3 is 2.65 bits per heavy atom. The van der Waals surface area contributed by atoms with E-state index in [1.54, 1.807) is 13.2 Å². The molecule has 2 rings (SSSR count). The highest BCUT2D eigenvalue weighted by molar-refractivity contribution is 9.10. The first kappa shape index (κ1) is 12.3. The van der Waals surface area contributed by atoms with Crippen LogP contribution >= 0.6 is 15.9 Å². The van der Waals surface area contributed by atoms with Crippen molar-refractivity contribution in [3.8, 4) is 5.75 Å². The van der Waals surface area contributed by atoms with Gasteiger partial charge in [0.1, 0.15) is 5.75 Å². The standard InChI is InChI=1S/C13H14BrNO2/c1-9-11(14)6-10(7-12(9)17-2)13(15-8-16)4-3-5-13/h6-7H,3-5H2,1-2H3. The zero-order valence-electron chi connectivity index (χ0n) is 9.92. The van der Waals surface area contributed by atoms with Crippen LogP contribution in [0.1, 0.15) is 30.4 Å². The molecule has 4 heteroatoms. The van der Waals surface area contributed by atoms with Crippen LogP contribution in [0.2, 0.25) is 0 Å². The van der Waals surface area contributed by atoms with Gasteiger partial charge in [0, 0.05) is 10.0 Å². The second-order valence-electron chi connectivity index (χ2n) is 4.37. The third-order valence-electron chi connectivity index (χ3n) is 3.49. The van der Waals surface area contributed by atoms with E-state index in [-0.39, 0.29) is 5.54 Å². The predicted octanol–water partition coefficient (Wildman–Crippen LogP) is 3.48. The minimum absolute atomic E-state index is 0.370. The molecule has 0 saturated heterocycles. The highest BCUT2D eigenvalue weighted by atomic mass is 79.9. The van der Waals surface area contributed by atoms with Crippen molar-refractivity contribution in [2.45, 2.75) is 31.7 Å². The Balaban J connectivity index is 2.52. The van der Waals surface area contributed by atoms with E-state index in [1.165, 1.54) is 0 Å². The maximum absolute atomic E-state index is 10.6. The third kappa shape index (κ3) is 2.03. The summed E-state index contributed by atoms with van der Waals surface area (Å²) in [6.07, 6.45) is 4.60. The zero-order valence-corrected chi connectivity index (χ0v) is 11.5. The van der Waals surface area contributed by atoms with E-state index in [0.717, 1.165) is 40.6 Å². The number of rotatable bonds is 3. The summed E-state index contributed by atoms with van der Waals surface area (Å²) in [5.41, 5.74) is 1.72. The van der Waals surface area contributed by atoms with Crippen molar-refractivity contribution in [2.75, 3.05) is 7.11 Å². The number of hydrogen-bond donors (Lipinski definition) is 0. The second kappa shape index (κ2) is 4.63. The fraction of sp³-hybridized carbons (Fsp3) is 0.462. The first-order chi connectivity index (χ1) is 8.13. The number of halogens is 1. The van der Waals surface area contributed by atoms with Crippen molar-refractivity contribution in [1.82, 2.24) is 0 Å². The molecule has 3 nitrogen and oxygen atoms in total. The Morgan fingerprint density at radius 1 is 1.47 bits per heavy atom. The highest BCUT2D eigenvalue weighted by Gasteiger charge is 2.39. The Morgan fingerprint density at radius 2 is 2.18 bits per heavy atom. The van der Waals surface area contributed by atoms with E-state index in [2.05, 4.69) is 20.9 Å². The van der Waals surface area contributed by atoms with E-state index in [1.807, 2.05) is 19.1 Å². The maximum atomic E-state index is 10.6. The van der Waals surface area contributed by atoms with Crippen LogP contribution in [0.5, 0.6) is 5.75 Å². The van der Waals surface area contributed by atoms with Gasteiger partial charge in [-0.25, -0.2) is 4.79 Å². The normalized spacial score (nSPS) is 16.9. The molecule has 0 unspecified atom stereocenters. The summed E-state index contributed by atoms with van der Waals surface area (Å²) in [6, 6.07) is 4.00. The summed E-state index contributed by atoms with van der Waals surface area (Å²) in [5, 5.41) is 0. The largest absolute Gasteiger partial charge is 0.496 e. The van der Waals surface area contributed by atoms with Crippen LogP contribution in [-0.4, -0.2) is 13.2 Å². The maximum Gasteiger partial charge on any atom is 0.235 e. The number of carbonyl (C=O) groups excluding carboxylic acids is 1. The van der Waals surface area contributed by atoms with Gasteiger partial charge >= 0.3 is 0 Å². The molecule has 90 valence electrons. The fourth-order valence-electron chi connectivity index (χ4n) is 2.20. The summed E-state index contributed by atoms with van der Waals surface area (Å²) in [4.78, 5) is 14.6. The smallest absolute Gasteiger partial charge is 0.235 e. The molecule has 1 aromatic carbocycles. The SMILES string of the molecule is COc1cc(C2(N=C=O)CCC2)cc(Br)c1C. The van der Waals surface area contributed by atoms with Crippen LogP contribution in [0.3, 0.4) is 0 Å². The van der Waals surface area contributed by atoms with E-state index >= 15 is 0 Å². The lowest BCUT2D eigenvalue weighted by Crippen LogP contribution is -2.31. The molecule has 1 saturated carbocycles. The first-order valence-electron chi connectivity index (χ1n) is 5.56. The molecule has 0 spiro atoms. The Kier molecular flexibility index (Phi) is 3.36. The van der Waals surface area contributed by atoms with Crippen molar-refractivity contribution < 1.29 is 9.53 Å². The van der Waals surface area contributed by atoms with E-state index < -0.39 is 0 Å². The predicted molar refractivity (Wildman–Crippen MR) is 69.1 cm³/mol. The average molecular weight is 296 g/mol. The zero-order chi connectivity index (χ0) is 12.5. The van der Waals surface area contributed by atoms with Crippen LogP contribution in [0.25, 0.3) is 0 Å². The lowest BCUT2D eigenvalue weighted by molar-refractivity contribution is 0.254. The molecule has 0 N–H and O–H groups in total. The van der Waals surface area contributed by atoms with Crippen molar-refractivity contribution in [3.05, 3.63) is 27.7 Å². The monoisotopic (exact) mass is 295 g/mol. The number of isocyanates is 1. The van der Waals surface area contributed by atoms with Gasteiger partial charge in [0.2, 0.25) is 6.08 Å². The third-order valence-corrected chi connectivity index (χ3v) is 4.32. The molecule has 1 aliphatic carbocycles. The molecule has 1 aromatic rings. The molecular weight excluding hydrogens is 282 g/mol.